The largest absolute Gasteiger partial charge is 0.393 e. The molecule has 1 aliphatic carbocycles. The molecule has 1 saturated carbocycles. The Morgan fingerprint density at radius 2 is 2.00 bits per heavy atom. The fourth-order valence-electron chi connectivity index (χ4n) is 3.56. The van der Waals surface area contributed by atoms with Crippen molar-refractivity contribution in [2.45, 2.75) is 51.3 Å². The molecule has 1 aliphatic rings. The first-order valence-corrected chi connectivity index (χ1v) is 9.91. The fraction of sp³-hybridized carbons (Fsp3) is 0.400. The van der Waals surface area contributed by atoms with E-state index in [0.29, 0.717) is 6.54 Å². The van der Waals surface area contributed by atoms with Crippen molar-refractivity contribution in [3.05, 3.63) is 52.5 Å². The van der Waals surface area contributed by atoms with Crippen molar-refractivity contribution in [2.24, 2.45) is 0 Å². The first-order chi connectivity index (χ1) is 12.6. The number of aliphatic hydroxyl groups excluding tert-OH is 1. The van der Waals surface area contributed by atoms with Gasteiger partial charge in [-0.3, -0.25) is 9.48 Å². The third-order valence-corrected chi connectivity index (χ3v) is 6.19. The average molecular weight is 369 g/mol. The number of fused-ring (bicyclic) bond motifs is 1. The van der Waals surface area contributed by atoms with Crippen LogP contribution in [0, 0.1) is 6.92 Å². The van der Waals surface area contributed by atoms with Crippen LogP contribution < -0.4 is 5.32 Å². The zero-order valence-corrected chi connectivity index (χ0v) is 15.6. The van der Waals surface area contributed by atoms with Crippen LogP contribution in [0.25, 0.3) is 10.2 Å². The van der Waals surface area contributed by atoms with Crippen LogP contribution in [0.15, 0.2) is 36.4 Å². The highest BCUT2D eigenvalue weighted by Crippen LogP contribution is 2.29. The monoisotopic (exact) mass is 369 g/mol. The number of amides is 1. The van der Waals surface area contributed by atoms with Gasteiger partial charge in [0, 0.05) is 11.4 Å². The van der Waals surface area contributed by atoms with Gasteiger partial charge in [0.05, 0.1) is 23.2 Å². The van der Waals surface area contributed by atoms with Gasteiger partial charge < -0.3 is 10.4 Å². The maximum absolute atomic E-state index is 12.7. The Labute approximate surface area is 156 Å². The molecule has 26 heavy (non-hydrogen) atoms. The minimum atomic E-state index is -0.209. The Balaban J connectivity index is 1.53. The van der Waals surface area contributed by atoms with Crippen LogP contribution >= 0.6 is 11.3 Å². The van der Waals surface area contributed by atoms with Crippen molar-refractivity contribution in [3.8, 4) is 0 Å². The lowest BCUT2D eigenvalue weighted by molar-refractivity contribution is 0.0871. The van der Waals surface area contributed by atoms with Crippen LogP contribution in [-0.4, -0.2) is 32.9 Å². The Hall–Kier alpha value is -2.18. The summed E-state index contributed by atoms with van der Waals surface area (Å²) in [4.78, 5) is 14.4. The summed E-state index contributed by atoms with van der Waals surface area (Å²) in [7, 11) is 0. The Morgan fingerprint density at radius 3 is 2.73 bits per heavy atom. The molecule has 0 radical (unpaired) electrons. The smallest absolute Gasteiger partial charge is 0.261 e. The Morgan fingerprint density at radius 1 is 1.27 bits per heavy atom. The minimum absolute atomic E-state index is 0.0155. The third kappa shape index (κ3) is 3.52. The van der Waals surface area contributed by atoms with Gasteiger partial charge >= 0.3 is 0 Å². The van der Waals surface area contributed by atoms with Gasteiger partial charge in [-0.05, 0) is 44.2 Å². The molecule has 2 N–H and O–H groups in total. The van der Waals surface area contributed by atoms with E-state index in [0.717, 1.165) is 46.5 Å². The van der Waals surface area contributed by atoms with Gasteiger partial charge in [-0.25, -0.2) is 0 Å². The maximum Gasteiger partial charge on any atom is 0.261 e. The van der Waals surface area contributed by atoms with E-state index in [-0.39, 0.29) is 18.1 Å². The van der Waals surface area contributed by atoms with Crippen molar-refractivity contribution in [3.63, 3.8) is 0 Å². The predicted molar refractivity (Wildman–Crippen MR) is 104 cm³/mol. The fourth-order valence-corrected chi connectivity index (χ4v) is 4.63. The molecule has 0 saturated heterocycles. The lowest BCUT2D eigenvalue weighted by Crippen LogP contribution is -2.38. The summed E-state index contributed by atoms with van der Waals surface area (Å²) in [6.07, 6.45) is 3.02. The number of hydrogen-bond acceptors (Lipinski definition) is 4. The predicted octanol–water partition coefficient (Wildman–Crippen LogP) is 3.49. The van der Waals surface area contributed by atoms with Crippen molar-refractivity contribution in [2.75, 3.05) is 0 Å². The summed E-state index contributed by atoms with van der Waals surface area (Å²) < 4.78 is 1.98. The first kappa shape index (κ1) is 17.2. The summed E-state index contributed by atoms with van der Waals surface area (Å²) in [6, 6.07) is 12.3. The second-order valence-corrected chi connectivity index (χ2v) is 8.07. The zero-order chi connectivity index (χ0) is 18.1. The average Bonchev–Trinajstić information content (AvgIpc) is 3.20. The van der Waals surface area contributed by atoms with E-state index in [1.165, 1.54) is 16.9 Å². The molecule has 6 heteroatoms. The molecule has 5 nitrogen and oxygen atoms in total. The molecule has 0 bridgehead atoms. The van der Waals surface area contributed by atoms with E-state index in [9.17, 15) is 9.90 Å². The summed E-state index contributed by atoms with van der Waals surface area (Å²) in [5.41, 5.74) is 2.14. The van der Waals surface area contributed by atoms with Gasteiger partial charge in [0.25, 0.3) is 5.91 Å². The molecule has 1 amide bonds. The van der Waals surface area contributed by atoms with Crippen molar-refractivity contribution in [1.29, 1.82) is 0 Å². The molecule has 0 atom stereocenters. The number of hydrogen-bond donors (Lipinski definition) is 2. The second-order valence-electron chi connectivity index (χ2n) is 7.04. The molecule has 2 aromatic heterocycles. The Kier molecular flexibility index (Phi) is 4.78. The topological polar surface area (TPSA) is 67.2 Å². The van der Waals surface area contributed by atoms with Crippen LogP contribution in [-0.2, 0) is 6.54 Å². The molecule has 4 rings (SSSR count). The summed E-state index contributed by atoms with van der Waals surface area (Å²) in [5.74, 6) is -0.0155. The minimum Gasteiger partial charge on any atom is -0.393 e. The van der Waals surface area contributed by atoms with Crippen molar-refractivity contribution >= 4 is 27.5 Å². The highest BCUT2D eigenvalue weighted by atomic mass is 32.1. The van der Waals surface area contributed by atoms with Gasteiger partial charge in [-0.1, -0.05) is 30.3 Å². The molecule has 1 fully saturated rings. The molecular weight excluding hydrogens is 346 g/mol. The number of nitrogens with zero attached hydrogens (tertiary/aromatic N) is 2. The second kappa shape index (κ2) is 7.21. The number of benzene rings is 1. The highest BCUT2D eigenvalue weighted by molar-refractivity contribution is 7.20. The molecule has 3 aromatic rings. The standard InChI is InChI=1S/C20H23N3O2S/c1-13-17-11-18(19(25)21-15-7-9-16(24)10-8-15)26-20(17)23(22-13)12-14-5-3-2-4-6-14/h2-6,11,15-16,24H,7-10,12H2,1H3,(H,21,25). The van der Waals surface area contributed by atoms with Crippen molar-refractivity contribution in [1.82, 2.24) is 15.1 Å². The summed E-state index contributed by atoms with van der Waals surface area (Å²) in [6.45, 7) is 2.69. The van der Waals surface area contributed by atoms with E-state index < -0.39 is 0 Å². The lowest BCUT2D eigenvalue weighted by Gasteiger charge is -2.25. The van der Waals surface area contributed by atoms with E-state index in [4.69, 9.17) is 0 Å². The van der Waals surface area contributed by atoms with Crippen LogP contribution in [0.1, 0.15) is 46.6 Å². The van der Waals surface area contributed by atoms with E-state index in [1.54, 1.807) is 0 Å². The molecule has 0 spiro atoms. The third-order valence-electron chi connectivity index (χ3n) is 5.04. The number of aromatic nitrogens is 2. The Bertz CT molecular complexity index is 908. The van der Waals surface area contributed by atoms with Crippen LogP contribution in [0.4, 0.5) is 0 Å². The van der Waals surface area contributed by atoms with Gasteiger partial charge in [0.15, 0.2) is 0 Å². The van der Waals surface area contributed by atoms with Gasteiger partial charge in [-0.2, -0.15) is 5.10 Å². The molecule has 0 aliphatic heterocycles. The molecule has 136 valence electrons. The number of carbonyl (C=O) groups excluding carboxylic acids is 1. The SMILES string of the molecule is Cc1nn(Cc2ccccc2)c2sc(C(=O)NC3CCC(O)CC3)cc12. The number of nitrogens with one attached hydrogen (secondary N) is 1. The lowest BCUT2D eigenvalue weighted by atomic mass is 9.93. The zero-order valence-electron chi connectivity index (χ0n) is 14.8. The van der Waals surface area contributed by atoms with Crippen LogP contribution in [0.2, 0.25) is 0 Å². The van der Waals surface area contributed by atoms with Crippen LogP contribution in [0.5, 0.6) is 0 Å². The van der Waals surface area contributed by atoms with E-state index in [1.807, 2.05) is 35.9 Å². The summed E-state index contributed by atoms with van der Waals surface area (Å²) in [5, 5.41) is 18.4. The quantitative estimate of drug-likeness (QED) is 0.740. The number of aryl methyl sites for hydroxylation is 1. The molecule has 0 unspecified atom stereocenters. The number of thiophene rings is 1. The van der Waals surface area contributed by atoms with Crippen molar-refractivity contribution < 1.29 is 9.90 Å². The molecule has 2 heterocycles. The first-order valence-electron chi connectivity index (χ1n) is 9.10. The van der Waals surface area contributed by atoms with Gasteiger partial charge in [0.2, 0.25) is 0 Å². The molecule has 1 aromatic carbocycles. The number of carbonyl (C=O) groups is 1. The normalized spacial score (nSPS) is 20.4. The number of rotatable bonds is 4. The molecular formula is C20H23N3O2S. The highest BCUT2D eigenvalue weighted by Gasteiger charge is 2.23. The van der Waals surface area contributed by atoms with Gasteiger partial charge in [-0.15, -0.1) is 11.3 Å². The maximum atomic E-state index is 12.7. The van der Waals surface area contributed by atoms with Crippen LogP contribution in [0.3, 0.4) is 0 Å². The van der Waals surface area contributed by atoms with Gasteiger partial charge in [0.1, 0.15) is 4.83 Å². The van der Waals surface area contributed by atoms with E-state index >= 15 is 0 Å². The number of aliphatic hydroxyl groups is 1. The summed E-state index contributed by atoms with van der Waals surface area (Å²) >= 11 is 1.50. The van der Waals surface area contributed by atoms with E-state index in [2.05, 4.69) is 22.5 Å².